The van der Waals surface area contributed by atoms with Gasteiger partial charge in [0.05, 0.1) is 5.69 Å². The molecule has 124 valence electrons. The molecule has 2 fully saturated rings. The summed E-state index contributed by atoms with van der Waals surface area (Å²) < 4.78 is 0. The summed E-state index contributed by atoms with van der Waals surface area (Å²) in [6, 6.07) is 9.33. The molecule has 8 heteroatoms. The predicted molar refractivity (Wildman–Crippen MR) is 84.4 cm³/mol. The highest BCUT2D eigenvalue weighted by Gasteiger charge is 2.35. The van der Waals surface area contributed by atoms with Crippen molar-refractivity contribution in [2.24, 2.45) is 5.92 Å². The number of hydrogen-bond acceptors (Lipinski definition) is 5. The molecular formula is C16H18N6O2. The molecule has 2 aromatic rings. The first kappa shape index (κ1) is 14.8. The van der Waals surface area contributed by atoms with Gasteiger partial charge in [0.1, 0.15) is 0 Å². The molecule has 1 aromatic heterocycles. The quantitative estimate of drug-likeness (QED) is 0.813. The van der Waals surface area contributed by atoms with Gasteiger partial charge in [0.25, 0.3) is 11.7 Å². The molecule has 24 heavy (non-hydrogen) atoms. The van der Waals surface area contributed by atoms with Crippen LogP contribution in [0.1, 0.15) is 23.5 Å². The van der Waals surface area contributed by atoms with Crippen molar-refractivity contribution in [1.82, 2.24) is 30.0 Å². The second kappa shape index (κ2) is 6.03. The van der Waals surface area contributed by atoms with Gasteiger partial charge in [-0.25, -0.2) is 0 Å². The van der Waals surface area contributed by atoms with Crippen molar-refractivity contribution in [2.45, 2.75) is 12.8 Å². The number of amides is 2. The van der Waals surface area contributed by atoms with Gasteiger partial charge in [-0.3, -0.25) is 9.59 Å². The van der Waals surface area contributed by atoms with Gasteiger partial charge in [0, 0.05) is 32.1 Å². The van der Waals surface area contributed by atoms with Crippen LogP contribution >= 0.6 is 0 Å². The minimum absolute atomic E-state index is 0.0841. The van der Waals surface area contributed by atoms with E-state index in [0.717, 1.165) is 18.5 Å². The molecule has 1 aliphatic heterocycles. The number of carbonyl (C=O) groups is 2. The van der Waals surface area contributed by atoms with E-state index in [2.05, 4.69) is 15.4 Å². The van der Waals surface area contributed by atoms with E-state index in [4.69, 9.17) is 0 Å². The minimum Gasteiger partial charge on any atom is -0.339 e. The molecule has 4 rings (SSSR count). The summed E-state index contributed by atoms with van der Waals surface area (Å²) in [4.78, 5) is 29.5. The molecule has 0 atom stereocenters. The summed E-state index contributed by atoms with van der Waals surface area (Å²) in [6.45, 7) is 2.18. The van der Waals surface area contributed by atoms with Gasteiger partial charge in [0.2, 0.25) is 5.91 Å². The van der Waals surface area contributed by atoms with Gasteiger partial charge < -0.3 is 9.80 Å². The van der Waals surface area contributed by atoms with Crippen LogP contribution in [0.5, 0.6) is 0 Å². The Kier molecular flexibility index (Phi) is 3.72. The van der Waals surface area contributed by atoms with Crippen molar-refractivity contribution in [1.29, 1.82) is 0 Å². The molecular weight excluding hydrogens is 308 g/mol. The molecule has 1 aliphatic carbocycles. The van der Waals surface area contributed by atoms with E-state index in [1.165, 1.54) is 4.80 Å². The molecule has 1 saturated carbocycles. The molecule has 2 heterocycles. The van der Waals surface area contributed by atoms with Gasteiger partial charge >= 0.3 is 0 Å². The smallest absolute Gasteiger partial charge is 0.295 e. The third kappa shape index (κ3) is 2.86. The largest absolute Gasteiger partial charge is 0.339 e. The number of rotatable bonds is 3. The monoisotopic (exact) mass is 326 g/mol. The third-order valence-electron chi connectivity index (χ3n) is 4.40. The van der Waals surface area contributed by atoms with E-state index in [1.54, 1.807) is 4.90 Å². The first-order chi connectivity index (χ1) is 11.7. The lowest BCUT2D eigenvalue weighted by molar-refractivity contribution is -0.134. The summed E-state index contributed by atoms with van der Waals surface area (Å²) in [5.41, 5.74) is 0.754. The second-order valence-electron chi connectivity index (χ2n) is 6.13. The number of carbonyl (C=O) groups excluding carboxylic acids is 2. The van der Waals surface area contributed by atoms with Crippen LogP contribution in [0.3, 0.4) is 0 Å². The van der Waals surface area contributed by atoms with Crippen molar-refractivity contribution < 1.29 is 9.59 Å². The Balaban J connectivity index is 1.40. The number of nitrogens with zero attached hydrogens (tertiary/aromatic N) is 6. The Labute approximate surface area is 139 Å². The molecule has 2 aliphatic rings. The highest BCUT2D eigenvalue weighted by atomic mass is 16.2. The zero-order chi connectivity index (χ0) is 16.5. The first-order valence-electron chi connectivity index (χ1n) is 8.16. The highest BCUT2D eigenvalue weighted by Crippen LogP contribution is 2.31. The number of hydrogen-bond donors (Lipinski definition) is 0. The Bertz CT molecular complexity index is 747. The summed E-state index contributed by atoms with van der Waals surface area (Å²) in [6.07, 6.45) is 2.01. The van der Waals surface area contributed by atoms with Crippen LogP contribution in [0.4, 0.5) is 0 Å². The Morgan fingerprint density at radius 3 is 2.29 bits per heavy atom. The van der Waals surface area contributed by atoms with Gasteiger partial charge in [-0.15, -0.1) is 15.0 Å². The van der Waals surface area contributed by atoms with Gasteiger partial charge in [-0.1, -0.05) is 18.2 Å². The van der Waals surface area contributed by atoms with Crippen LogP contribution in [0.25, 0.3) is 5.69 Å². The molecule has 8 nitrogen and oxygen atoms in total. The molecule has 0 spiro atoms. The molecule has 0 unspecified atom stereocenters. The number of aromatic nitrogens is 4. The average molecular weight is 326 g/mol. The molecule has 0 bridgehead atoms. The van der Waals surface area contributed by atoms with E-state index in [9.17, 15) is 9.59 Å². The second-order valence-corrected chi connectivity index (χ2v) is 6.13. The molecule has 1 aromatic carbocycles. The maximum absolute atomic E-state index is 12.5. The van der Waals surface area contributed by atoms with Gasteiger partial charge in [-0.05, 0) is 30.2 Å². The van der Waals surface area contributed by atoms with Crippen molar-refractivity contribution in [2.75, 3.05) is 26.2 Å². The zero-order valence-electron chi connectivity index (χ0n) is 13.2. The van der Waals surface area contributed by atoms with Crippen LogP contribution in [-0.4, -0.2) is 68.0 Å². The van der Waals surface area contributed by atoms with Gasteiger partial charge in [-0.2, -0.15) is 0 Å². The normalized spacial score (nSPS) is 17.8. The predicted octanol–water partition coefficient (Wildman–Crippen LogP) is 0.357. The number of tetrazole rings is 1. The van der Waals surface area contributed by atoms with Crippen molar-refractivity contribution in [3.05, 3.63) is 36.2 Å². The zero-order valence-corrected chi connectivity index (χ0v) is 13.2. The van der Waals surface area contributed by atoms with Crippen LogP contribution in [-0.2, 0) is 4.79 Å². The Hall–Kier alpha value is -2.77. The van der Waals surface area contributed by atoms with Crippen molar-refractivity contribution >= 4 is 11.8 Å². The first-order valence-corrected chi connectivity index (χ1v) is 8.16. The summed E-state index contributed by atoms with van der Waals surface area (Å²) in [5.74, 6) is 0.298. The molecule has 0 radical (unpaired) electrons. The fourth-order valence-corrected chi connectivity index (χ4v) is 2.83. The van der Waals surface area contributed by atoms with Crippen LogP contribution in [0, 0.1) is 5.92 Å². The standard InChI is InChI=1S/C16H18N6O2/c23-15(12-6-7-12)20-8-10-21(11-9-20)16(24)14-17-19-22(18-14)13-4-2-1-3-5-13/h1-5,12H,6-11H2. The van der Waals surface area contributed by atoms with E-state index >= 15 is 0 Å². The fraction of sp³-hybridized carbons (Fsp3) is 0.438. The lowest BCUT2D eigenvalue weighted by Crippen LogP contribution is -2.51. The van der Waals surface area contributed by atoms with Crippen molar-refractivity contribution in [3.63, 3.8) is 0 Å². The van der Waals surface area contributed by atoms with E-state index in [0.29, 0.717) is 26.2 Å². The maximum Gasteiger partial charge on any atom is 0.295 e. The van der Waals surface area contributed by atoms with Crippen LogP contribution in [0.2, 0.25) is 0 Å². The van der Waals surface area contributed by atoms with Gasteiger partial charge in [0.15, 0.2) is 0 Å². The van der Waals surface area contributed by atoms with E-state index in [1.807, 2.05) is 35.2 Å². The Morgan fingerprint density at radius 2 is 1.62 bits per heavy atom. The number of para-hydroxylation sites is 1. The number of benzene rings is 1. The van der Waals surface area contributed by atoms with E-state index in [-0.39, 0.29) is 23.6 Å². The lowest BCUT2D eigenvalue weighted by Gasteiger charge is -2.34. The number of piperazine rings is 1. The molecule has 2 amide bonds. The maximum atomic E-state index is 12.5. The lowest BCUT2D eigenvalue weighted by atomic mass is 10.2. The average Bonchev–Trinajstić information content (AvgIpc) is 3.38. The molecule has 0 N–H and O–H groups in total. The van der Waals surface area contributed by atoms with Crippen LogP contribution < -0.4 is 0 Å². The molecule has 1 saturated heterocycles. The third-order valence-corrected chi connectivity index (χ3v) is 4.40. The fourth-order valence-electron chi connectivity index (χ4n) is 2.83. The minimum atomic E-state index is -0.240. The van der Waals surface area contributed by atoms with Crippen molar-refractivity contribution in [3.8, 4) is 5.69 Å². The van der Waals surface area contributed by atoms with Crippen LogP contribution in [0.15, 0.2) is 30.3 Å². The SMILES string of the molecule is O=C(c1nnn(-c2ccccc2)n1)N1CCN(C(=O)C2CC2)CC1. The topological polar surface area (TPSA) is 84.2 Å². The highest BCUT2D eigenvalue weighted by molar-refractivity contribution is 5.90. The Morgan fingerprint density at radius 1 is 0.958 bits per heavy atom. The van der Waals surface area contributed by atoms with E-state index < -0.39 is 0 Å². The summed E-state index contributed by atoms with van der Waals surface area (Å²) >= 11 is 0. The summed E-state index contributed by atoms with van der Waals surface area (Å²) in [5, 5.41) is 12.0. The summed E-state index contributed by atoms with van der Waals surface area (Å²) in [7, 11) is 0.